The number of rotatable bonds is 5. The van der Waals surface area contributed by atoms with Gasteiger partial charge in [0.15, 0.2) is 0 Å². The second-order valence-corrected chi connectivity index (χ2v) is 5.23. The van der Waals surface area contributed by atoms with Crippen LogP contribution in [0.15, 0.2) is 0 Å². The summed E-state index contributed by atoms with van der Waals surface area (Å²) in [4.78, 5) is 0. The molecule has 1 unspecified atom stereocenters. The maximum Gasteiger partial charge on any atom is 0.0697 e. The van der Waals surface area contributed by atoms with Crippen LogP contribution in [0, 0.1) is 0 Å². The van der Waals surface area contributed by atoms with Crippen LogP contribution in [0.5, 0.6) is 0 Å². The molecule has 2 aliphatic rings. The molecule has 0 radical (unpaired) electrons. The van der Waals surface area contributed by atoms with Crippen LogP contribution in [-0.2, 0) is 9.47 Å². The van der Waals surface area contributed by atoms with Gasteiger partial charge >= 0.3 is 0 Å². The molecule has 0 aromatic carbocycles. The molecule has 0 aromatic heterocycles. The van der Waals surface area contributed by atoms with Crippen molar-refractivity contribution in [1.29, 1.82) is 0 Å². The molecule has 1 N–H and O–H groups in total. The molecule has 0 aromatic rings. The molecular formula is C13H25NO2. The number of hydrogen-bond donors (Lipinski definition) is 1. The van der Waals surface area contributed by atoms with Gasteiger partial charge in [-0.25, -0.2) is 0 Å². The van der Waals surface area contributed by atoms with Gasteiger partial charge in [-0.2, -0.15) is 0 Å². The van der Waals surface area contributed by atoms with Crippen LogP contribution in [-0.4, -0.2) is 38.5 Å². The highest BCUT2D eigenvalue weighted by molar-refractivity contribution is 4.93. The molecular weight excluding hydrogens is 202 g/mol. The van der Waals surface area contributed by atoms with E-state index in [1.165, 1.54) is 38.5 Å². The molecule has 1 spiro atoms. The van der Waals surface area contributed by atoms with E-state index in [1.54, 1.807) is 7.11 Å². The zero-order chi connectivity index (χ0) is 11.3. The summed E-state index contributed by atoms with van der Waals surface area (Å²) in [5.41, 5.74) is 0.247. The highest BCUT2D eigenvalue weighted by Crippen LogP contribution is 2.39. The Balaban J connectivity index is 1.70. The number of hydrogen-bond acceptors (Lipinski definition) is 3. The van der Waals surface area contributed by atoms with E-state index < -0.39 is 0 Å². The Bertz CT molecular complexity index is 202. The quantitative estimate of drug-likeness (QED) is 0.730. The van der Waals surface area contributed by atoms with Gasteiger partial charge in [-0.15, -0.1) is 0 Å². The molecule has 0 bridgehead atoms. The van der Waals surface area contributed by atoms with Crippen molar-refractivity contribution >= 4 is 0 Å². The smallest absolute Gasteiger partial charge is 0.0697 e. The SMILES string of the molecule is COCCCNC1CCOC2(CCCC2)C1. The Labute approximate surface area is 98.9 Å². The van der Waals surface area contributed by atoms with E-state index in [1.807, 2.05) is 0 Å². The number of methoxy groups -OCH3 is 1. The summed E-state index contributed by atoms with van der Waals surface area (Å²) in [6.07, 6.45) is 8.79. The standard InChI is InChI=1S/C13H25NO2/c1-15-9-4-8-14-12-5-10-16-13(11-12)6-2-3-7-13/h12,14H,2-11H2,1H3. The van der Waals surface area contributed by atoms with Crippen molar-refractivity contribution in [1.82, 2.24) is 5.32 Å². The van der Waals surface area contributed by atoms with Crippen molar-refractivity contribution in [3.05, 3.63) is 0 Å². The summed E-state index contributed by atoms with van der Waals surface area (Å²) < 4.78 is 11.1. The zero-order valence-corrected chi connectivity index (χ0v) is 10.5. The van der Waals surface area contributed by atoms with Crippen LogP contribution >= 0.6 is 0 Å². The van der Waals surface area contributed by atoms with Gasteiger partial charge in [0, 0.05) is 26.4 Å². The fourth-order valence-corrected chi connectivity index (χ4v) is 3.09. The molecule has 0 amide bonds. The normalized spacial score (nSPS) is 28.7. The van der Waals surface area contributed by atoms with Gasteiger partial charge in [-0.3, -0.25) is 0 Å². The van der Waals surface area contributed by atoms with E-state index in [0.29, 0.717) is 6.04 Å². The minimum absolute atomic E-state index is 0.247. The third kappa shape index (κ3) is 3.19. The Morgan fingerprint density at radius 2 is 2.19 bits per heavy atom. The molecule has 16 heavy (non-hydrogen) atoms. The minimum Gasteiger partial charge on any atom is -0.385 e. The van der Waals surface area contributed by atoms with Crippen molar-refractivity contribution in [2.75, 3.05) is 26.9 Å². The molecule has 1 aliphatic carbocycles. The summed E-state index contributed by atoms with van der Waals surface area (Å²) in [6.45, 7) is 2.89. The summed E-state index contributed by atoms with van der Waals surface area (Å²) >= 11 is 0. The van der Waals surface area contributed by atoms with Crippen LogP contribution in [0.3, 0.4) is 0 Å². The lowest BCUT2D eigenvalue weighted by molar-refractivity contribution is -0.0836. The first-order chi connectivity index (χ1) is 7.85. The second-order valence-electron chi connectivity index (χ2n) is 5.23. The zero-order valence-electron chi connectivity index (χ0n) is 10.5. The summed E-state index contributed by atoms with van der Waals surface area (Å²) in [5.74, 6) is 0. The molecule has 2 fully saturated rings. The average molecular weight is 227 g/mol. The first-order valence-electron chi connectivity index (χ1n) is 6.71. The van der Waals surface area contributed by atoms with Gasteiger partial charge in [0.25, 0.3) is 0 Å². The Morgan fingerprint density at radius 1 is 1.38 bits per heavy atom. The molecule has 1 heterocycles. The van der Waals surface area contributed by atoms with Gasteiger partial charge in [-0.1, -0.05) is 12.8 Å². The maximum atomic E-state index is 6.02. The molecule has 1 saturated carbocycles. The Hall–Kier alpha value is -0.120. The topological polar surface area (TPSA) is 30.5 Å². The van der Waals surface area contributed by atoms with E-state index in [0.717, 1.165) is 26.2 Å². The summed E-state index contributed by atoms with van der Waals surface area (Å²) in [5, 5.41) is 3.65. The van der Waals surface area contributed by atoms with Gasteiger partial charge < -0.3 is 14.8 Å². The number of nitrogens with one attached hydrogen (secondary N) is 1. The first-order valence-corrected chi connectivity index (χ1v) is 6.71. The highest BCUT2D eigenvalue weighted by atomic mass is 16.5. The van der Waals surface area contributed by atoms with E-state index >= 15 is 0 Å². The van der Waals surface area contributed by atoms with Crippen molar-refractivity contribution in [3.8, 4) is 0 Å². The van der Waals surface area contributed by atoms with Crippen LogP contribution < -0.4 is 5.32 Å². The monoisotopic (exact) mass is 227 g/mol. The van der Waals surface area contributed by atoms with E-state index in [-0.39, 0.29) is 5.60 Å². The lowest BCUT2D eigenvalue weighted by atomic mass is 9.89. The van der Waals surface area contributed by atoms with E-state index in [4.69, 9.17) is 9.47 Å². The summed E-state index contributed by atoms with van der Waals surface area (Å²) in [6, 6.07) is 0.670. The fourth-order valence-electron chi connectivity index (χ4n) is 3.09. The Kier molecular flexibility index (Phi) is 4.62. The lowest BCUT2D eigenvalue weighted by Gasteiger charge is -2.38. The van der Waals surface area contributed by atoms with Crippen molar-refractivity contribution < 1.29 is 9.47 Å². The van der Waals surface area contributed by atoms with Crippen LogP contribution in [0.2, 0.25) is 0 Å². The van der Waals surface area contributed by atoms with Gasteiger partial charge in [-0.05, 0) is 38.6 Å². The number of ether oxygens (including phenoxy) is 2. The van der Waals surface area contributed by atoms with Gasteiger partial charge in [0.1, 0.15) is 0 Å². The van der Waals surface area contributed by atoms with Gasteiger partial charge in [0.05, 0.1) is 5.60 Å². The largest absolute Gasteiger partial charge is 0.385 e. The molecule has 94 valence electrons. The second kappa shape index (κ2) is 5.99. The highest BCUT2D eigenvalue weighted by Gasteiger charge is 2.39. The minimum atomic E-state index is 0.247. The fraction of sp³-hybridized carbons (Fsp3) is 1.00. The third-order valence-corrected chi connectivity index (χ3v) is 3.97. The van der Waals surface area contributed by atoms with Crippen LogP contribution in [0.25, 0.3) is 0 Å². The summed E-state index contributed by atoms with van der Waals surface area (Å²) in [7, 11) is 1.77. The predicted octanol–water partition coefficient (Wildman–Crippen LogP) is 2.10. The van der Waals surface area contributed by atoms with Gasteiger partial charge in [0.2, 0.25) is 0 Å². The first kappa shape index (κ1) is 12.3. The molecule has 1 atom stereocenters. The van der Waals surface area contributed by atoms with Crippen molar-refractivity contribution in [2.24, 2.45) is 0 Å². The lowest BCUT2D eigenvalue weighted by Crippen LogP contribution is -2.45. The molecule has 2 rings (SSSR count). The molecule has 1 saturated heterocycles. The molecule has 3 nitrogen and oxygen atoms in total. The molecule has 3 heteroatoms. The average Bonchev–Trinajstić information content (AvgIpc) is 2.73. The van der Waals surface area contributed by atoms with E-state index in [2.05, 4.69) is 5.32 Å². The maximum absolute atomic E-state index is 6.02. The van der Waals surface area contributed by atoms with Crippen molar-refractivity contribution in [3.63, 3.8) is 0 Å². The van der Waals surface area contributed by atoms with Crippen molar-refractivity contribution in [2.45, 2.75) is 56.6 Å². The van der Waals surface area contributed by atoms with E-state index in [9.17, 15) is 0 Å². The van der Waals surface area contributed by atoms with Crippen LogP contribution in [0.4, 0.5) is 0 Å². The molecule has 1 aliphatic heterocycles. The Morgan fingerprint density at radius 3 is 2.94 bits per heavy atom. The third-order valence-electron chi connectivity index (χ3n) is 3.97. The predicted molar refractivity (Wildman–Crippen MR) is 64.7 cm³/mol. The van der Waals surface area contributed by atoms with Crippen LogP contribution in [0.1, 0.15) is 44.9 Å².